The largest absolute Gasteiger partial charge is 0.490 e. The Morgan fingerprint density at radius 3 is 2.53 bits per heavy atom. The van der Waals surface area contributed by atoms with Crippen molar-refractivity contribution in [3.8, 4) is 11.5 Å². The first-order valence-electron chi connectivity index (χ1n) is 9.61. The molecule has 0 aliphatic carbocycles. The smallest absolute Gasteiger partial charge is 0.329 e. The van der Waals surface area contributed by atoms with E-state index in [2.05, 4.69) is 27.9 Å². The Labute approximate surface area is 188 Å². The van der Waals surface area contributed by atoms with Gasteiger partial charge in [0.1, 0.15) is 18.1 Å². The van der Waals surface area contributed by atoms with Gasteiger partial charge in [0.15, 0.2) is 11.5 Å². The molecule has 0 saturated carbocycles. The van der Waals surface area contributed by atoms with Gasteiger partial charge in [-0.1, -0.05) is 19.1 Å². The number of benzene rings is 2. The minimum atomic E-state index is -0.410. The Balaban J connectivity index is 1.85. The van der Waals surface area contributed by atoms with Crippen molar-refractivity contribution < 1.29 is 23.5 Å². The number of halogens is 2. The Bertz CT molecular complexity index is 976. The number of amides is 3. The predicted octanol–water partition coefficient (Wildman–Crippen LogP) is 4.71. The van der Waals surface area contributed by atoms with Crippen LogP contribution in [-0.2, 0) is 11.4 Å². The second-order valence-corrected chi connectivity index (χ2v) is 7.79. The quantitative estimate of drug-likeness (QED) is 0.309. The summed E-state index contributed by atoms with van der Waals surface area (Å²) in [5.74, 6) is 0.456. The van der Waals surface area contributed by atoms with Crippen LogP contribution in [0.2, 0.25) is 0 Å². The van der Waals surface area contributed by atoms with Gasteiger partial charge in [-0.25, -0.2) is 9.18 Å². The van der Waals surface area contributed by atoms with Gasteiger partial charge < -0.3 is 14.8 Å². The number of hydrogen-bond acceptors (Lipinski definition) is 4. The molecule has 0 unspecified atom stereocenters. The maximum Gasteiger partial charge on any atom is 0.329 e. The first kappa shape index (κ1) is 22.1. The number of carbonyl (C=O) groups is 2. The van der Waals surface area contributed by atoms with Crippen molar-refractivity contribution in [3.05, 3.63) is 62.6 Å². The lowest BCUT2D eigenvalue weighted by Gasteiger charge is -2.15. The normalized spacial score (nSPS) is 14.9. The highest BCUT2D eigenvalue weighted by Crippen LogP contribution is 2.35. The summed E-state index contributed by atoms with van der Waals surface area (Å²) >= 11 is 2.14. The highest BCUT2D eigenvalue weighted by atomic mass is 127. The molecule has 2 aromatic carbocycles. The molecule has 1 saturated heterocycles. The first-order valence-corrected chi connectivity index (χ1v) is 10.7. The number of imide groups is 1. The fraction of sp³-hybridized carbons (Fsp3) is 0.273. The van der Waals surface area contributed by atoms with Gasteiger partial charge in [0.25, 0.3) is 5.91 Å². The Morgan fingerprint density at radius 1 is 1.13 bits per heavy atom. The zero-order valence-electron chi connectivity index (χ0n) is 16.7. The molecule has 30 heavy (non-hydrogen) atoms. The van der Waals surface area contributed by atoms with Gasteiger partial charge in [0, 0.05) is 6.54 Å². The predicted molar refractivity (Wildman–Crippen MR) is 120 cm³/mol. The highest BCUT2D eigenvalue weighted by Gasteiger charge is 2.32. The fourth-order valence-corrected chi connectivity index (χ4v) is 3.76. The number of nitrogens with zero attached hydrogens (tertiary/aromatic N) is 1. The van der Waals surface area contributed by atoms with Crippen LogP contribution in [0.25, 0.3) is 6.08 Å². The summed E-state index contributed by atoms with van der Waals surface area (Å²) in [5.41, 5.74) is 1.77. The second kappa shape index (κ2) is 9.92. The van der Waals surface area contributed by atoms with Gasteiger partial charge >= 0.3 is 6.03 Å². The minimum Gasteiger partial charge on any atom is -0.490 e. The summed E-state index contributed by atoms with van der Waals surface area (Å²) in [6.07, 6.45) is 2.32. The monoisotopic (exact) mass is 524 g/mol. The van der Waals surface area contributed by atoms with Gasteiger partial charge in [0.2, 0.25) is 0 Å². The third-order valence-corrected chi connectivity index (χ3v) is 5.15. The molecular formula is C22H22FIN2O4. The van der Waals surface area contributed by atoms with Crippen LogP contribution in [0.1, 0.15) is 31.4 Å². The van der Waals surface area contributed by atoms with Gasteiger partial charge in [-0.15, -0.1) is 0 Å². The topological polar surface area (TPSA) is 67.9 Å². The van der Waals surface area contributed by atoms with Crippen LogP contribution in [0.4, 0.5) is 9.18 Å². The van der Waals surface area contributed by atoms with E-state index in [1.54, 1.807) is 24.3 Å². The molecule has 1 aliphatic rings. The third-order valence-electron chi connectivity index (χ3n) is 4.35. The van der Waals surface area contributed by atoms with Crippen molar-refractivity contribution in [1.82, 2.24) is 10.2 Å². The highest BCUT2D eigenvalue weighted by molar-refractivity contribution is 14.1. The molecule has 8 heteroatoms. The molecule has 1 aliphatic heterocycles. The molecule has 3 rings (SSSR count). The fourth-order valence-electron chi connectivity index (χ4n) is 2.98. The molecule has 3 amide bonds. The summed E-state index contributed by atoms with van der Waals surface area (Å²) < 4.78 is 25.5. The van der Waals surface area contributed by atoms with E-state index >= 15 is 0 Å². The summed E-state index contributed by atoms with van der Waals surface area (Å²) in [5, 5.41) is 2.62. The van der Waals surface area contributed by atoms with Gasteiger partial charge in [-0.3, -0.25) is 9.69 Å². The summed E-state index contributed by atoms with van der Waals surface area (Å²) in [4.78, 5) is 25.6. The molecule has 1 heterocycles. The molecule has 6 nitrogen and oxygen atoms in total. The molecule has 158 valence electrons. The summed E-state index contributed by atoms with van der Waals surface area (Å²) in [7, 11) is 0. The van der Waals surface area contributed by atoms with E-state index in [9.17, 15) is 14.0 Å². The number of hydrogen-bond donors (Lipinski definition) is 1. The maximum atomic E-state index is 13.1. The molecular weight excluding hydrogens is 502 g/mol. The Kier molecular flexibility index (Phi) is 7.30. The number of carbonyl (C=O) groups excluding carboxylic acids is 2. The molecule has 0 radical (unpaired) electrons. The lowest BCUT2D eigenvalue weighted by Crippen LogP contribution is -2.31. The molecule has 0 aromatic heterocycles. The SMILES string of the molecule is CCCN1C(=O)N/C(=C/c2cc(I)c(OCc3ccc(F)cc3)c(OCC)c2)C1=O. The summed E-state index contributed by atoms with van der Waals surface area (Å²) in [6, 6.07) is 9.30. The average Bonchev–Trinajstić information content (AvgIpc) is 2.97. The first-order chi connectivity index (χ1) is 14.4. The van der Waals surface area contributed by atoms with Crippen molar-refractivity contribution in [2.75, 3.05) is 13.2 Å². The number of rotatable bonds is 8. The van der Waals surface area contributed by atoms with E-state index in [0.29, 0.717) is 36.6 Å². The molecule has 0 atom stereocenters. The van der Waals surface area contributed by atoms with Crippen molar-refractivity contribution in [2.24, 2.45) is 0 Å². The Hall–Kier alpha value is -2.62. The summed E-state index contributed by atoms with van der Waals surface area (Å²) in [6.45, 7) is 4.84. The van der Waals surface area contributed by atoms with E-state index < -0.39 is 6.03 Å². The van der Waals surface area contributed by atoms with E-state index in [4.69, 9.17) is 9.47 Å². The second-order valence-electron chi connectivity index (χ2n) is 6.62. The van der Waals surface area contributed by atoms with Crippen LogP contribution in [0.5, 0.6) is 11.5 Å². The van der Waals surface area contributed by atoms with Gasteiger partial charge in [-0.2, -0.15) is 0 Å². The van der Waals surface area contributed by atoms with E-state index in [0.717, 1.165) is 9.13 Å². The molecule has 0 spiro atoms. The number of ether oxygens (including phenoxy) is 2. The average molecular weight is 524 g/mol. The van der Waals surface area contributed by atoms with Crippen molar-refractivity contribution in [3.63, 3.8) is 0 Å². The third kappa shape index (κ3) is 5.10. The van der Waals surface area contributed by atoms with E-state index in [-0.39, 0.29) is 24.0 Å². The van der Waals surface area contributed by atoms with Crippen molar-refractivity contribution >= 4 is 40.6 Å². The van der Waals surface area contributed by atoms with Crippen LogP contribution in [0.3, 0.4) is 0 Å². The minimum absolute atomic E-state index is 0.228. The lowest BCUT2D eigenvalue weighted by atomic mass is 10.1. The van der Waals surface area contributed by atoms with E-state index in [1.807, 2.05) is 19.9 Å². The van der Waals surface area contributed by atoms with Crippen molar-refractivity contribution in [1.29, 1.82) is 0 Å². The maximum absolute atomic E-state index is 13.1. The molecule has 2 aromatic rings. The van der Waals surface area contributed by atoms with Crippen LogP contribution >= 0.6 is 22.6 Å². The number of nitrogens with one attached hydrogen (secondary N) is 1. The van der Waals surface area contributed by atoms with Crippen LogP contribution in [-0.4, -0.2) is 30.0 Å². The van der Waals surface area contributed by atoms with Gasteiger partial charge in [0.05, 0.1) is 10.2 Å². The molecule has 1 N–H and O–H groups in total. The van der Waals surface area contributed by atoms with Crippen LogP contribution < -0.4 is 14.8 Å². The van der Waals surface area contributed by atoms with Crippen molar-refractivity contribution in [2.45, 2.75) is 26.9 Å². The van der Waals surface area contributed by atoms with E-state index in [1.165, 1.54) is 17.0 Å². The van der Waals surface area contributed by atoms with Crippen LogP contribution in [0, 0.1) is 9.39 Å². The standard InChI is InChI=1S/C22H22FIN2O4/c1-3-9-26-21(27)18(25-22(26)28)11-15-10-17(24)20(19(12-15)29-4-2)30-13-14-5-7-16(23)8-6-14/h5-8,10-12H,3-4,9,13H2,1-2H3,(H,25,28)/b18-11+. The molecule has 1 fully saturated rings. The molecule has 0 bridgehead atoms. The Morgan fingerprint density at radius 2 is 1.87 bits per heavy atom. The number of urea groups is 1. The zero-order chi connectivity index (χ0) is 21.7. The lowest BCUT2D eigenvalue weighted by molar-refractivity contribution is -0.122. The van der Waals surface area contributed by atoms with Crippen LogP contribution in [0.15, 0.2) is 42.1 Å². The van der Waals surface area contributed by atoms with Gasteiger partial charge in [-0.05, 0) is 77.4 Å². The zero-order valence-corrected chi connectivity index (χ0v) is 18.9.